The number of unbranched alkanes of at least 4 members (excludes halogenated alkanes) is 4. The minimum atomic E-state index is -4.80. The van der Waals surface area contributed by atoms with Crippen LogP contribution in [0.25, 0.3) is 0 Å². The van der Waals surface area contributed by atoms with E-state index in [0.29, 0.717) is 12.0 Å². The van der Waals surface area contributed by atoms with Gasteiger partial charge >= 0.3 is 66.9 Å². The van der Waals surface area contributed by atoms with Gasteiger partial charge in [0.25, 0.3) is 0 Å². The van der Waals surface area contributed by atoms with Gasteiger partial charge in [0, 0.05) is 0 Å². The summed E-state index contributed by atoms with van der Waals surface area (Å²) < 4.78 is 16.2. The van der Waals surface area contributed by atoms with E-state index in [1.165, 1.54) is 32.0 Å². The van der Waals surface area contributed by atoms with Crippen LogP contribution < -0.4 is 69.3 Å². The summed E-state index contributed by atoms with van der Waals surface area (Å²) in [5.74, 6) is -0.646. The number of phosphoric acid groups is 1. The molecule has 0 aliphatic rings. The molecule has 148 valence electrons. The van der Waals surface area contributed by atoms with Crippen LogP contribution in [0.1, 0.15) is 70.9 Å². The molecule has 0 saturated carbocycles. The van der Waals surface area contributed by atoms with Crippen molar-refractivity contribution in [1.82, 2.24) is 0 Å². The van der Waals surface area contributed by atoms with Crippen LogP contribution in [-0.2, 0) is 9.09 Å². The first-order valence-electron chi connectivity index (χ1n) is 8.82. The molecule has 0 radical (unpaired) electrons. The number of hydrogen-bond acceptors (Lipinski definition) is 5. The number of phosphoric ester groups is 1. The van der Waals surface area contributed by atoms with E-state index in [0.717, 1.165) is 25.7 Å². The number of nitrogens with zero attached hydrogens (tertiary/aromatic N) is 1. The monoisotopic (exact) mass is 431 g/mol. The Morgan fingerprint density at radius 3 is 2.36 bits per heavy atom. The molecule has 1 atom stereocenters. The number of hydrogen-bond donors (Lipinski definition) is 2. The average molecular weight is 431 g/mol. The van der Waals surface area contributed by atoms with E-state index in [9.17, 15) is 14.8 Å². The predicted molar refractivity (Wildman–Crippen MR) is 96.6 cm³/mol. The van der Waals surface area contributed by atoms with Crippen molar-refractivity contribution in [3.8, 4) is 5.75 Å². The second-order valence-corrected chi connectivity index (χ2v) is 8.01. The summed E-state index contributed by atoms with van der Waals surface area (Å²) in [6.45, 7) is 4.98. The first-order valence-corrected chi connectivity index (χ1v) is 10.3. The van der Waals surface area contributed by atoms with Gasteiger partial charge in [-0.3, -0.25) is 9.52 Å². The van der Waals surface area contributed by atoms with Crippen molar-refractivity contribution in [3.05, 3.63) is 29.8 Å². The molecule has 0 heterocycles. The smallest absolute Gasteiger partial charge is 0.872 e. The van der Waals surface area contributed by atoms with Crippen molar-refractivity contribution >= 4 is 13.7 Å². The summed E-state index contributed by atoms with van der Waals surface area (Å²) in [5.41, 5.74) is -1.08. The Morgan fingerprint density at radius 1 is 1.21 bits per heavy atom. The average Bonchev–Trinajstić information content (AvgIpc) is 2.50. The Morgan fingerprint density at radius 2 is 1.82 bits per heavy atom. The van der Waals surface area contributed by atoms with Gasteiger partial charge < -0.3 is 20.0 Å². The van der Waals surface area contributed by atoms with Crippen LogP contribution in [0.3, 0.4) is 0 Å². The SMILES string of the molecule is CCCCCCCC([O-])=N[C@@H](c1cccc([O-])c1)C(C)(C)OP(=O)(O)O.[Na+].[Na+]. The van der Waals surface area contributed by atoms with Crippen molar-refractivity contribution in [2.45, 2.75) is 70.9 Å². The standard InChI is InChI=1S/C18H30NO6P.2Na/c1-4-5-6-7-8-12-16(21)19-17(14-10-9-11-15(20)13-14)18(2,3)25-26(22,23)24;;/h9-11,13,17,20H,4-8,12H2,1-3H3,(H,19,21)(H2,22,23,24);;/q;2*+1/p-2/t17-;;/m0../s1. The normalized spacial score (nSPS) is 13.4. The molecule has 1 aromatic rings. The largest absolute Gasteiger partial charge is 1.00 e. The van der Waals surface area contributed by atoms with Crippen molar-refractivity contribution < 1.29 is 88.2 Å². The Bertz CT molecular complexity index is 651. The molecule has 0 aromatic heterocycles. The van der Waals surface area contributed by atoms with Gasteiger partial charge in [0.15, 0.2) is 0 Å². The zero-order chi connectivity index (χ0) is 19.8. The molecular formula is C18H28NNa2O6P. The summed E-state index contributed by atoms with van der Waals surface area (Å²) in [6, 6.07) is 4.77. The van der Waals surface area contributed by atoms with Crippen LogP contribution in [0.2, 0.25) is 0 Å². The Hall–Kier alpha value is 0.600. The molecule has 0 aliphatic heterocycles. The van der Waals surface area contributed by atoms with E-state index in [-0.39, 0.29) is 77.2 Å². The summed E-state index contributed by atoms with van der Waals surface area (Å²) in [6.07, 6.45) is 5.17. The van der Waals surface area contributed by atoms with Gasteiger partial charge in [-0.05, 0) is 38.2 Å². The van der Waals surface area contributed by atoms with E-state index in [4.69, 9.17) is 14.3 Å². The van der Waals surface area contributed by atoms with Crippen molar-refractivity contribution in [1.29, 1.82) is 0 Å². The minimum absolute atomic E-state index is 0. The molecule has 28 heavy (non-hydrogen) atoms. The van der Waals surface area contributed by atoms with Crippen LogP contribution in [0.4, 0.5) is 0 Å². The van der Waals surface area contributed by atoms with Gasteiger partial charge in [-0.1, -0.05) is 56.9 Å². The maximum atomic E-state index is 12.3. The molecule has 0 amide bonds. The molecule has 2 N–H and O–H groups in total. The van der Waals surface area contributed by atoms with E-state index in [1.807, 2.05) is 0 Å². The first kappa shape index (κ1) is 30.8. The Labute approximate surface area is 211 Å². The second-order valence-electron chi connectivity index (χ2n) is 6.85. The Balaban J connectivity index is 0. The van der Waals surface area contributed by atoms with Gasteiger partial charge in [0.1, 0.15) is 11.6 Å². The van der Waals surface area contributed by atoms with Crippen molar-refractivity contribution in [3.63, 3.8) is 0 Å². The van der Waals surface area contributed by atoms with Crippen molar-refractivity contribution in [2.24, 2.45) is 4.99 Å². The predicted octanol–water partition coefficient (Wildman–Crippen LogP) is -3.18. The van der Waals surface area contributed by atoms with E-state index in [2.05, 4.69) is 11.9 Å². The fourth-order valence-electron chi connectivity index (χ4n) is 2.76. The van der Waals surface area contributed by atoms with Gasteiger partial charge in [0.2, 0.25) is 0 Å². The third-order valence-corrected chi connectivity index (χ3v) is 4.66. The van der Waals surface area contributed by atoms with Crippen molar-refractivity contribution in [2.75, 3.05) is 0 Å². The minimum Gasteiger partial charge on any atom is -0.872 e. The molecule has 0 bridgehead atoms. The molecular weight excluding hydrogens is 403 g/mol. The molecule has 0 spiro atoms. The zero-order valence-corrected chi connectivity index (χ0v) is 22.4. The first-order chi connectivity index (χ1) is 12.0. The second kappa shape index (κ2) is 14.6. The zero-order valence-electron chi connectivity index (χ0n) is 17.6. The molecule has 0 saturated heterocycles. The van der Waals surface area contributed by atoms with Crippen LogP contribution in [0, 0.1) is 0 Å². The number of aliphatic imine (C=N–C) groups is 1. The van der Waals surface area contributed by atoms with Crippen LogP contribution >= 0.6 is 7.82 Å². The van der Waals surface area contributed by atoms with Gasteiger partial charge in [-0.2, -0.15) is 0 Å². The number of rotatable bonds is 11. The molecule has 0 aliphatic carbocycles. The quantitative estimate of drug-likeness (QED) is 0.125. The van der Waals surface area contributed by atoms with Gasteiger partial charge in [-0.25, -0.2) is 4.57 Å². The van der Waals surface area contributed by atoms with E-state index < -0.39 is 19.5 Å². The Kier molecular flexibility index (Phi) is 16.0. The third-order valence-electron chi connectivity index (χ3n) is 3.95. The maximum Gasteiger partial charge on any atom is 1.00 e. The topological polar surface area (TPSA) is 125 Å². The molecule has 0 fully saturated rings. The molecule has 10 heteroatoms. The van der Waals surface area contributed by atoms with Crippen LogP contribution in [0.5, 0.6) is 5.75 Å². The fourth-order valence-corrected chi connectivity index (χ4v) is 3.47. The number of benzene rings is 1. The summed E-state index contributed by atoms with van der Waals surface area (Å²) >= 11 is 0. The summed E-state index contributed by atoms with van der Waals surface area (Å²) in [5, 5.41) is 23.9. The molecule has 0 unspecified atom stereocenters. The van der Waals surface area contributed by atoms with E-state index in [1.54, 1.807) is 6.07 Å². The molecule has 7 nitrogen and oxygen atoms in total. The van der Waals surface area contributed by atoms with Crippen LogP contribution in [-0.4, -0.2) is 21.3 Å². The third kappa shape index (κ3) is 12.3. The van der Waals surface area contributed by atoms with Gasteiger partial charge in [0.05, 0.1) is 0 Å². The van der Waals surface area contributed by atoms with E-state index >= 15 is 0 Å². The maximum absolute atomic E-state index is 12.3. The molecule has 1 rings (SSSR count). The summed E-state index contributed by atoms with van der Waals surface area (Å²) in [4.78, 5) is 22.4. The fraction of sp³-hybridized carbons (Fsp3) is 0.611. The summed E-state index contributed by atoms with van der Waals surface area (Å²) in [7, 11) is -4.80. The van der Waals surface area contributed by atoms with Crippen LogP contribution in [0.15, 0.2) is 29.3 Å². The van der Waals surface area contributed by atoms with Gasteiger partial charge in [-0.15, -0.1) is 5.75 Å². The molecule has 1 aromatic carbocycles.